The fourth-order valence-electron chi connectivity index (χ4n) is 9.17. The number of likely N-dealkylation sites (N-methyl/N-ethyl adjacent to an activating group) is 1. The molecule has 17 nitrogen and oxygen atoms in total. The molecule has 14 atom stereocenters. The van der Waals surface area contributed by atoms with Crippen LogP contribution >= 0.6 is 11.8 Å². The highest BCUT2D eigenvalue weighted by Gasteiger charge is 2.61. The van der Waals surface area contributed by atoms with E-state index in [2.05, 4.69) is 15.0 Å². The first kappa shape index (κ1) is 44.7. The van der Waals surface area contributed by atoms with Gasteiger partial charge in [-0.2, -0.15) is 9.97 Å². The molecule has 0 unspecified atom stereocenters. The van der Waals surface area contributed by atoms with Crippen molar-refractivity contribution in [3.8, 4) is 0 Å². The number of carbonyl (C=O) groups excluding carboxylic acids is 4. The lowest BCUT2D eigenvalue weighted by Crippen LogP contribution is -2.59. The fourth-order valence-corrected chi connectivity index (χ4v) is 10.6. The Morgan fingerprint density at radius 3 is 2.35 bits per heavy atom. The maximum absolute atomic E-state index is 14.7. The number of anilines is 2. The van der Waals surface area contributed by atoms with Crippen molar-refractivity contribution < 1.29 is 48.0 Å². The highest BCUT2D eigenvalue weighted by Crippen LogP contribution is 2.49. The smallest absolute Gasteiger partial charge is 0.320 e. The van der Waals surface area contributed by atoms with Gasteiger partial charge in [-0.15, -0.1) is 11.8 Å². The number of esters is 2. The number of aliphatic hydroxyl groups excluding tert-OH is 1. The van der Waals surface area contributed by atoms with Gasteiger partial charge in [0, 0.05) is 49.1 Å². The Labute approximate surface area is 338 Å². The lowest BCUT2D eigenvalue weighted by atomic mass is 9.70. The Bertz CT molecular complexity index is 1810. The lowest BCUT2D eigenvalue weighted by molar-refractivity contribution is -0.295. The van der Waals surface area contributed by atoms with Crippen molar-refractivity contribution in [2.45, 2.75) is 134 Å². The van der Waals surface area contributed by atoms with E-state index in [0.29, 0.717) is 29.9 Å². The normalized spacial score (nSPS) is 38.5. The number of aromatic nitrogens is 4. The molecule has 318 valence electrons. The van der Waals surface area contributed by atoms with Crippen molar-refractivity contribution in [2.75, 3.05) is 38.4 Å². The highest BCUT2D eigenvalue weighted by molar-refractivity contribution is 8.00. The standard InChI is InChI=1S/C39H61N7O10S/c1-12-24-39(8)25(30(35(51)56-39)57-14-13-46-17-42-26-32(40)43-37(41)44-33(26)46)20(4)27(47)18(2)16-38(7,52-11)31(21(5)28(48)22(6)34(50)54-24)55-36-29(49)23(45(9)10)15-19(3)53-36/h17-25,29-31,36,49H,12-16H2,1-11H3,(H4,40,41,43,44)/t18-,19-,20-,21+,22-,23+,24-,25+,29-,30+,31-,36+,38-,39-/m1/s1. The molecule has 0 radical (unpaired) electrons. The molecule has 0 aromatic carbocycles. The lowest BCUT2D eigenvalue weighted by Gasteiger charge is -2.47. The van der Waals surface area contributed by atoms with Gasteiger partial charge in [0.25, 0.3) is 0 Å². The minimum absolute atomic E-state index is 0.00582. The molecular weight excluding hydrogens is 759 g/mol. The first-order valence-corrected chi connectivity index (χ1v) is 20.8. The number of hydrogen-bond donors (Lipinski definition) is 3. The number of hydrogen-bond acceptors (Lipinski definition) is 17. The van der Waals surface area contributed by atoms with Crippen LogP contribution in [0.1, 0.15) is 74.7 Å². The third kappa shape index (κ3) is 8.67. The molecule has 3 saturated heterocycles. The van der Waals surface area contributed by atoms with Crippen LogP contribution in [-0.2, 0) is 49.4 Å². The highest BCUT2D eigenvalue weighted by atomic mass is 32.2. The van der Waals surface area contributed by atoms with Crippen LogP contribution in [-0.4, -0.2) is 133 Å². The summed E-state index contributed by atoms with van der Waals surface area (Å²) in [5.74, 6) is -5.79. The Kier molecular flexibility index (Phi) is 13.7. The zero-order valence-electron chi connectivity index (χ0n) is 35.0. The number of carbonyl (C=O) groups is 4. The van der Waals surface area contributed by atoms with E-state index in [1.807, 2.05) is 25.9 Å². The maximum Gasteiger partial charge on any atom is 0.320 e. The number of aryl methyl sites for hydroxylation is 1. The summed E-state index contributed by atoms with van der Waals surface area (Å²) in [6, 6.07) is -0.291. The summed E-state index contributed by atoms with van der Waals surface area (Å²) in [5, 5.41) is 10.6. The summed E-state index contributed by atoms with van der Waals surface area (Å²) in [6.45, 7) is 14.2. The van der Waals surface area contributed by atoms with Crippen LogP contribution in [0.2, 0.25) is 0 Å². The summed E-state index contributed by atoms with van der Waals surface area (Å²) >= 11 is 1.32. The van der Waals surface area contributed by atoms with E-state index in [1.54, 1.807) is 52.4 Å². The summed E-state index contributed by atoms with van der Waals surface area (Å²) < 4.78 is 33.0. The maximum atomic E-state index is 14.7. The molecule has 3 aliphatic rings. The summed E-state index contributed by atoms with van der Waals surface area (Å²) in [4.78, 5) is 71.4. The Morgan fingerprint density at radius 1 is 1.04 bits per heavy atom. The second-order valence-electron chi connectivity index (χ2n) is 16.7. The second-order valence-corrected chi connectivity index (χ2v) is 17.9. The van der Waals surface area contributed by atoms with Crippen molar-refractivity contribution >= 4 is 58.2 Å². The van der Waals surface area contributed by atoms with Gasteiger partial charge < -0.3 is 49.7 Å². The molecule has 5 N–H and O–H groups in total. The van der Waals surface area contributed by atoms with Crippen molar-refractivity contribution in [1.29, 1.82) is 0 Å². The monoisotopic (exact) mass is 819 g/mol. The Balaban J connectivity index is 1.50. The molecule has 5 rings (SSSR count). The van der Waals surface area contributed by atoms with E-state index in [9.17, 15) is 24.3 Å². The predicted molar refractivity (Wildman–Crippen MR) is 213 cm³/mol. The van der Waals surface area contributed by atoms with Crippen LogP contribution in [0.3, 0.4) is 0 Å². The Hall–Kier alpha value is -3.42. The van der Waals surface area contributed by atoms with Gasteiger partial charge in [0.15, 0.2) is 29.1 Å². The number of aliphatic hydroxyl groups is 1. The Morgan fingerprint density at radius 2 is 1.72 bits per heavy atom. The average molecular weight is 820 g/mol. The van der Waals surface area contributed by atoms with Crippen LogP contribution in [0.25, 0.3) is 11.2 Å². The zero-order chi connectivity index (χ0) is 42.3. The summed E-state index contributed by atoms with van der Waals surface area (Å²) in [6.07, 6.45) is -2.02. The number of ketones is 2. The predicted octanol–water partition coefficient (Wildman–Crippen LogP) is 2.65. The summed E-state index contributed by atoms with van der Waals surface area (Å²) in [5.41, 5.74) is 10.0. The quantitative estimate of drug-likeness (QED) is 0.244. The largest absolute Gasteiger partial charge is 0.458 e. The number of methoxy groups -OCH3 is 1. The zero-order valence-corrected chi connectivity index (χ0v) is 35.8. The molecule has 0 amide bonds. The van der Waals surface area contributed by atoms with E-state index in [4.69, 9.17) is 35.2 Å². The average Bonchev–Trinajstić information content (AvgIpc) is 3.68. The molecule has 3 fully saturated rings. The number of imidazole rings is 1. The van der Waals surface area contributed by atoms with Gasteiger partial charge in [-0.25, -0.2) is 4.98 Å². The van der Waals surface area contributed by atoms with Gasteiger partial charge in [0.1, 0.15) is 34.7 Å². The number of cyclic esters (lactones) is 1. The molecule has 0 spiro atoms. The molecule has 18 heteroatoms. The molecule has 3 aliphatic heterocycles. The fraction of sp³-hybridized carbons (Fsp3) is 0.769. The molecule has 2 aromatic rings. The number of ether oxygens (including phenoxy) is 5. The van der Waals surface area contributed by atoms with Crippen molar-refractivity contribution in [2.24, 2.45) is 29.6 Å². The number of nitrogens with two attached hydrogens (primary N) is 2. The van der Waals surface area contributed by atoms with Crippen LogP contribution in [0.15, 0.2) is 6.33 Å². The van der Waals surface area contributed by atoms with E-state index in [1.165, 1.54) is 25.8 Å². The number of nitrogens with zero attached hydrogens (tertiary/aromatic N) is 5. The number of fused-ring (bicyclic) bond motifs is 2. The van der Waals surface area contributed by atoms with Gasteiger partial charge in [-0.05, 0) is 61.1 Å². The number of rotatable bonds is 9. The van der Waals surface area contributed by atoms with E-state index in [-0.39, 0.29) is 42.5 Å². The molecule has 0 saturated carbocycles. The number of thioether (sulfide) groups is 1. The molecule has 0 aliphatic carbocycles. The molecule has 0 bridgehead atoms. The molecular formula is C39H61N7O10S. The third-order valence-electron chi connectivity index (χ3n) is 12.4. The van der Waals surface area contributed by atoms with Crippen LogP contribution in [0, 0.1) is 29.6 Å². The molecule has 5 heterocycles. The van der Waals surface area contributed by atoms with Gasteiger partial charge in [-0.3, -0.25) is 19.2 Å². The van der Waals surface area contributed by atoms with Crippen molar-refractivity contribution in [3.63, 3.8) is 0 Å². The first-order chi connectivity index (χ1) is 26.7. The van der Waals surface area contributed by atoms with Gasteiger partial charge in [0.2, 0.25) is 5.95 Å². The van der Waals surface area contributed by atoms with Crippen LogP contribution < -0.4 is 11.5 Å². The molecule has 2 aromatic heterocycles. The van der Waals surface area contributed by atoms with Crippen molar-refractivity contribution in [3.05, 3.63) is 6.33 Å². The van der Waals surface area contributed by atoms with Gasteiger partial charge in [0.05, 0.1) is 24.1 Å². The summed E-state index contributed by atoms with van der Waals surface area (Å²) in [7, 11) is 5.21. The van der Waals surface area contributed by atoms with Crippen LogP contribution in [0.5, 0.6) is 0 Å². The van der Waals surface area contributed by atoms with Gasteiger partial charge in [-0.1, -0.05) is 27.7 Å². The van der Waals surface area contributed by atoms with Crippen molar-refractivity contribution in [1.82, 2.24) is 24.4 Å². The third-order valence-corrected chi connectivity index (χ3v) is 13.7. The molecule has 57 heavy (non-hydrogen) atoms. The minimum Gasteiger partial charge on any atom is -0.458 e. The van der Waals surface area contributed by atoms with E-state index in [0.717, 1.165) is 0 Å². The van der Waals surface area contributed by atoms with Gasteiger partial charge >= 0.3 is 11.9 Å². The van der Waals surface area contributed by atoms with E-state index < -0.39 is 88.4 Å². The van der Waals surface area contributed by atoms with E-state index >= 15 is 0 Å². The number of nitrogen functional groups attached to an aromatic ring is 2. The van der Waals surface area contributed by atoms with Crippen LogP contribution in [0.4, 0.5) is 11.8 Å². The SMILES string of the molecule is CC[C@H]1OC(=O)[C@H](C)C(=O)[C@H](C)[C@@H](O[C@@H]2O[C@H](C)C[C@H](N(C)C)[C@H]2O)[C@](C)(OC)C[C@@H](C)C(=O)[C@H](C)[C@H]2[C@H](SCCn3cnc4c(N)nc(N)nc43)C(=O)O[C@@]21C. The number of Topliss-reactive ketones (excluding diaryl/α,β-unsaturated/α-hetero) is 2. The second kappa shape index (κ2) is 17.4. The topological polar surface area (TPSA) is 234 Å². The first-order valence-electron chi connectivity index (χ1n) is 19.8. The minimum atomic E-state index is -1.41.